The zero-order valence-electron chi connectivity index (χ0n) is 15.9. The minimum atomic E-state index is -4.57. The van der Waals surface area contributed by atoms with Crippen LogP contribution in [0.3, 0.4) is 0 Å². The van der Waals surface area contributed by atoms with Crippen molar-refractivity contribution < 1.29 is 37.0 Å². The third-order valence-corrected chi connectivity index (χ3v) is 6.02. The molecule has 0 radical (unpaired) electrons. The fraction of sp³-hybridized carbons (Fsp3) is 0.150. The monoisotopic (exact) mass is 528 g/mol. The van der Waals surface area contributed by atoms with Gasteiger partial charge in [0.05, 0.1) is 10.5 Å². The van der Waals surface area contributed by atoms with Gasteiger partial charge in [0, 0.05) is 10.2 Å². The maximum absolute atomic E-state index is 12.8. The maximum Gasteiger partial charge on any atom is 0.416 e. The fourth-order valence-corrected chi connectivity index (χ4v) is 4.20. The molecule has 3 amide bonds. The van der Waals surface area contributed by atoms with Crippen LogP contribution in [0.2, 0.25) is 0 Å². The summed E-state index contributed by atoms with van der Waals surface area (Å²) in [5.74, 6) is -0.478. The van der Waals surface area contributed by atoms with Crippen molar-refractivity contribution in [2.24, 2.45) is 0 Å². The number of rotatable bonds is 4. The van der Waals surface area contributed by atoms with Crippen molar-refractivity contribution in [3.63, 3.8) is 0 Å². The Labute approximate surface area is 191 Å². The van der Waals surface area contributed by atoms with Gasteiger partial charge in [-0.25, -0.2) is 0 Å². The third kappa shape index (κ3) is 4.60. The molecule has 0 atom stereocenters. The van der Waals surface area contributed by atoms with Gasteiger partial charge in [0.15, 0.2) is 11.5 Å². The normalized spacial score (nSPS) is 16.8. The SMILES string of the molecule is O=C(CN1C(=O)S/C(=C\c2cc3c(cc2Br)OCO3)C1=O)Nc1cccc(C(F)(F)F)c1. The van der Waals surface area contributed by atoms with E-state index in [0.717, 1.165) is 23.1 Å². The van der Waals surface area contributed by atoms with Crippen LogP contribution in [0.4, 0.5) is 23.7 Å². The molecule has 12 heteroatoms. The molecule has 0 bridgehead atoms. The van der Waals surface area contributed by atoms with Gasteiger partial charge < -0.3 is 14.8 Å². The molecule has 0 unspecified atom stereocenters. The van der Waals surface area contributed by atoms with Crippen LogP contribution in [0, 0.1) is 0 Å². The van der Waals surface area contributed by atoms with Gasteiger partial charge in [0.25, 0.3) is 11.1 Å². The largest absolute Gasteiger partial charge is 0.454 e. The lowest BCUT2D eigenvalue weighted by Crippen LogP contribution is -2.36. The van der Waals surface area contributed by atoms with Gasteiger partial charge >= 0.3 is 6.18 Å². The molecule has 7 nitrogen and oxygen atoms in total. The van der Waals surface area contributed by atoms with Crippen LogP contribution in [-0.4, -0.2) is 35.3 Å². The van der Waals surface area contributed by atoms with Gasteiger partial charge in [0.2, 0.25) is 12.7 Å². The van der Waals surface area contributed by atoms with Crippen molar-refractivity contribution in [2.75, 3.05) is 18.7 Å². The van der Waals surface area contributed by atoms with E-state index in [-0.39, 0.29) is 17.4 Å². The topological polar surface area (TPSA) is 84.9 Å². The van der Waals surface area contributed by atoms with E-state index < -0.39 is 35.3 Å². The molecule has 2 aromatic rings. The highest BCUT2D eigenvalue weighted by Crippen LogP contribution is 2.40. The molecule has 0 aromatic heterocycles. The van der Waals surface area contributed by atoms with Gasteiger partial charge in [-0.05, 0) is 53.7 Å². The summed E-state index contributed by atoms with van der Waals surface area (Å²) in [5.41, 5.74) is -0.469. The smallest absolute Gasteiger partial charge is 0.416 e. The van der Waals surface area contributed by atoms with Crippen LogP contribution in [0.15, 0.2) is 45.8 Å². The van der Waals surface area contributed by atoms with E-state index in [0.29, 0.717) is 33.3 Å². The number of alkyl halides is 3. The number of carbonyl (C=O) groups excluding carboxylic acids is 3. The number of hydrogen-bond acceptors (Lipinski definition) is 6. The number of nitrogens with zero attached hydrogens (tertiary/aromatic N) is 1. The number of halogens is 4. The van der Waals surface area contributed by atoms with Crippen molar-refractivity contribution >= 4 is 56.5 Å². The van der Waals surface area contributed by atoms with E-state index in [1.807, 2.05) is 0 Å². The van der Waals surface area contributed by atoms with Crippen LogP contribution >= 0.6 is 27.7 Å². The van der Waals surface area contributed by atoms with Crippen molar-refractivity contribution in [2.45, 2.75) is 6.18 Å². The van der Waals surface area contributed by atoms with E-state index >= 15 is 0 Å². The number of ether oxygens (including phenoxy) is 2. The molecule has 1 saturated heterocycles. The summed E-state index contributed by atoms with van der Waals surface area (Å²) in [7, 11) is 0. The van der Waals surface area contributed by atoms with E-state index in [4.69, 9.17) is 9.47 Å². The van der Waals surface area contributed by atoms with Gasteiger partial charge in [-0.15, -0.1) is 0 Å². The Morgan fingerprint density at radius 2 is 1.91 bits per heavy atom. The summed E-state index contributed by atoms with van der Waals surface area (Å²) in [6.07, 6.45) is -3.09. The quantitative estimate of drug-likeness (QED) is 0.570. The summed E-state index contributed by atoms with van der Waals surface area (Å²) in [5, 5.41) is 1.60. The minimum absolute atomic E-state index is 0.0722. The Morgan fingerprint density at radius 3 is 2.62 bits per heavy atom. The number of nitrogens with one attached hydrogen (secondary N) is 1. The molecule has 2 aliphatic rings. The van der Waals surface area contributed by atoms with E-state index in [9.17, 15) is 27.6 Å². The van der Waals surface area contributed by atoms with Crippen molar-refractivity contribution in [3.8, 4) is 11.5 Å². The van der Waals surface area contributed by atoms with Gasteiger partial charge in [0.1, 0.15) is 6.54 Å². The molecular weight excluding hydrogens is 517 g/mol. The van der Waals surface area contributed by atoms with Crippen molar-refractivity contribution in [1.82, 2.24) is 4.90 Å². The Morgan fingerprint density at radius 1 is 1.19 bits per heavy atom. The second-order valence-electron chi connectivity index (χ2n) is 6.62. The molecule has 0 spiro atoms. The van der Waals surface area contributed by atoms with Crippen LogP contribution in [0.5, 0.6) is 11.5 Å². The summed E-state index contributed by atoms with van der Waals surface area (Å²) < 4.78 is 49.6. The summed E-state index contributed by atoms with van der Waals surface area (Å²) in [6, 6.07) is 7.36. The first-order valence-corrected chi connectivity index (χ1v) is 10.5. The lowest BCUT2D eigenvalue weighted by atomic mass is 10.2. The molecule has 0 saturated carbocycles. The Hall–Kier alpha value is -2.99. The first-order valence-electron chi connectivity index (χ1n) is 8.93. The van der Waals surface area contributed by atoms with Crippen LogP contribution in [-0.2, 0) is 15.8 Å². The fourth-order valence-electron chi connectivity index (χ4n) is 2.94. The molecule has 1 fully saturated rings. The summed E-state index contributed by atoms with van der Waals surface area (Å²) in [6.45, 7) is -0.566. The highest BCUT2D eigenvalue weighted by Gasteiger charge is 2.37. The lowest BCUT2D eigenvalue weighted by Gasteiger charge is -2.13. The van der Waals surface area contributed by atoms with Crippen LogP contribution < -0.4 is 14.8 Å². The molecule has 1 N–H and O–H groups in total. The van der Waals surface area contributed by atoms with Gasteiger partial charge in [-0.3, -0.25) is 19.3 Å². The van der Waals surface area contributed by atoms with Gasteiger partial charge in [-0.2, -0.15) is 13.2 Å². The zero-order chi connectivity index (χ0) is 23.0. The zero-order valence-corrected chi connectivity index (χ0v) is 18.3. The second kappa shape index (κ2) is 8.51. The molecular formula is C20H12BrF3N2O5S. The first-order chi connectivity index (χ1) is 15.1. The van der Waals surface area contributed by atoms with Crippen molar-refractivity contribution in [1.29, 1.82) is 0 Å². The number of imide groups is 1. The average Bonchev–Trinajstić information content (AvgIpc) is 3.27. The van der Waals surface area contributed by atoms with Gasteiger partial charge in [-0.1, -0.05) is 22.0 Å². The Kier molecular flexibility index (Phi) is 5.91. The number of carbonyl (C=O) groups is 3. The van der Waals surface area contributed by atoms with Crippen LogP contribution in [0.1, 0.15) is 11.1 Å². The summed E-state index contributed by atoms with van der Waals surface area (Å²) in [4.78, 5) is 38.0. The maximum atomic E-state index is 12.8. The minimum Gasteiger partial charge on any atom is -0.454 e. The second-order valence-corrected chi connectivity index (χ2v) is 8.47. The predicted molar refractivity (Wildman–Crippen MR) is 113 cm³/mol. The number of amides is 3. The Bertz CT molecular complexity index is 1170. The first kappa shape index (κ1) is 22.2. The molecule has 2 heterocycles. The highest BCUT2D eigenvalue weighted by molar-refractivity contribution is 9.10. The Balaban J connectivity index is 1.47. The standard InChI is InChI=1S/C20H12BrF3N2O5S/c21-13-7-15-14(30-9-31-15)4-10(13)5-16-18(28)26(19(29)32-16)8-17(27)25-12-3-1-2-11(6-12)20(22,23)24/h1-7H,8-9H2,(H,25,27)/b16-5-. The molecule has 166 valence electrons. The third-order valence-electron chi connectivity index (χ3n) is 4.43. The molecule has 2 aliphatic heterocycles. The van der Waals surface area contributed by atoms with E-state index in [2.05, 4.69) is 21.2 Å². The number of anilines is 1. The molecule has 2 aromatic carbocycles. The number of hydrogen-bond donors (Lipinski definition) is 1. The number of fused-ring (bicyclic) bond motifs is 1. The molecule has 0 aliphatic carbocycles. The van der Waals surface area contributed by atoms with E-state index in [1.54, 1.807) is 12.1 Å². The summed E-state index contributed by atoms with van der Waals surface area (Å²) >= 11 is 4.01. The van der Waals surface area contributed by atoms with E-state index in [1.165, 1.54) is 12.1 Å². The van der Waals surface area contributed by atoms with Crippen molar-refractivity contribution in [3.05, 3.63) is 56.9 Å². The predicted octanol–water partition coefficient (Wildman–Crippen LogP) is 4.87. The lowest BCUT2D eigenvalue weighted by molar-refractivity contribution is -0.137. The molecule has 32 heavy (non-hydrogen) atoms. The molecule has 4 rings (SSSR count). The highest BCUT2D eigenvalue weighted by atomic mass is 79.9. The number of benzene rings is 2. The average molecular weight is 529 g/mol. The van der Waals surface area contributed by atoms with Crippen LogP contribution in [0.25, 0.3) is 6.08 Å². The number of thioether (sulfide) groups is 1.